The monoisotopic (exact) mass is 203 g/mol. The van der Waals surface area contributed by atoms with Gasteiger partial charge in [-0.15, -0.1) is 0 Å². The smallest absolute Gasteiger partial charge is 0.0178 e. The molecular formula is C14H21N. The fraction of sp³-hybridized carbons (Fsp3) is 0.571. The van der Waals surface area contributed by atoms with Gasteiger partial charge >= 0.3 is 0 Å². The highest BCUT2D eigenvalue weighted by Crippen LogP contribution is 2.26. The molecule has 1 heteroatoms. The molecule has 0 unspecified atom stereocenters. The lowest BCUT2D eigenvalue weighted by Crippen LogP contribution is -2.09. The van der Waals surface area contributed by atoms with E-state index < -0.39 is 0 Å². The molecule has 1 fully saturated rings. The predicted molar refractivity (Wildman–Crippen MR) is 64.6 cm³/mol. The number of benzene rings is 1. The van der Waals surface area contributed by atoms with Crippen molar-refractivity contribution >= 4 is 0 Å². The normalized spacial score (nSPS) is 17.9. The molecule has 1 nitrogen and oxygen atoms in total. The first-order valence-corrected chi connectivity index (χ1v) is 6.16. The van der Waals surface area contributed by atoms with Crippen molar-refractivity contribution in [1.82, 2.24) is 0 Å². The largest absolute Gasteiger partial charge is 0.326 e. The van der Waals surface area contributed by atoms with Gasteiger partial charge in [0.25, 0.3) is 0 Å². The molecule has 1 aromatic carbocycles. The maximum atomic E-state index is 5.58. The van der Waals surface area contributed by atoms with Gasteiger partial charge < -0.3 is 5.73 Å². The van der Waals surface area contributed by atoms with Crippen molar-refractivity contribution in [2.75, 3.05) is 0 Å². The standard InChI is InChI=1S/C14H21N/c15-11-14-8-6-13(7-9-14)10-12-4-2-1-3-5-12/h6-9,12H,1-5,10-11,15H2. The van der Waals surface area contributed by atoms with Gasteiger partial charge in [-0.3, -0.25) is 0 Å². The molecule has 2 N–H and O–H groups in total. The topological polar surface area (TPSA) is 26.0 Å². The summed E-state index contributed by atoms with van der Waals surface area (Å²) in [6.45, 7) is 0.656. The fourth-order valence-corrected chi connectivity index (χ4v) is 2.54. The van der Waals surface area contributed by atoms with Crippen molar-refractivity contribution in [3.8, 4) is 0 Å². The highest BCUT2D eigenvalue weighted by atomic mass is 14.5. The van der Waals surface area contributed by atoms with Crippen LogP contribution in [0.4, 0.5) is 0 Å². The summed E-state index contributed by atoms with van der Waals surface area (Å²) in [7, 11) is 0. The summed E-state index contributed by atoms with van der Waals surface area (Å²) in [5.74, 6) is 0.933. The fourth-order valence-electron chi connectivity index (χ4n) is 2.54. The molecule has 1 aromatic rings. The third-order valence-corrected chi connectivity index (χ3v) is 3.51. The molecule has 0 spiro atoms. The van der Waals surface area contributed by atoms with Crippen molar-refractivity contribution in [3.63, 3.8) is 0 Å². The van der Waals surface area contributed by atoms with Crippen molar-refractivity contribution in [1.29, 1.82) is 0 Å². The molecule has 0 heterocycles. The summed E-state index contributed by atoms with van der Waals surface area (Å²) >= 11 is 0. The SMILES string of the molecule is NCc1ccc(CC2CCCCC2)cc1. The van der Waals surface area contributed by atoms with E-state index in [4.69, 9.17) is 5.73 Å². The molecule has 0 saturated heterocycles. The van der Waals surface area contributed by atoms with Crippen LogP contribution in [0.3, 0.4) is 0 Å². The Morgan fingerprint density at radius 3 is 2.13 bits per heavy atom. The number of hydrogen-bond acceptors (Lipinski definition) is 1. The van der Waals surface area contributed by atoms with Crippen molar-refractivity contribution in [3.05, 3.63) is 35.4 Å². The lowest BCUT2D eigenvalue weighted by molar-refractivity contribution is 0.356. The van der Waals surface area contributed by atoms with Gasteiger partial charge in [0.15, 0.2) is 0 Å². The first kappa shape index (κ1) is 10.7. The Hall–Kier alpha value is -0.820. The molecule has 0 radical (unpaired) electrons. The van der Waals surface area contributed by atoms with Crippen LogP contribution in [0.5, 0.6) is 0 Å². The summed E-state index contributed by atoms with van der Waals surface area (Å²) in [5.41, 5.74) is 8.31. The van der Waals surface area contributed by atoms with Gasteiger partial charge in [-0.2, -0.15) is 0 Å². The maximum Gasteiger partial charge on any atom is 0.0178 e. The first-order valence-electron chi connectivity index (χ1n) is 6.16. The van der Waals surface area contributed by atoms with E-state index in [1.807, 2.05) is 0 Å². The minimum absolute atomic E-state index is 0.656. The average Bonchev–Trinajstić information content (AvgIpc) is 2.31. The second kappa shape index (κ2) is 5.32. The van der Waals surface area contributed by atoms with Crippen LogP contribution in [0.15, 0.2) is 24.3 Å². The van der Waals surface area contributed by atoms with E-state index in [0.29, 0.717) is 6.54 Å². The summed E-state index contributed by atoms with van der Waals surface area (Å²) in [6, 6.07) is 8.82. The van der Waals surface area contributed by atoms with Gasteiger partial charge in [0.05, 0.1) is 0 Å². The van der Waals surface area contributed by atoms with Crippen LogP contribution >= 0.6 is 0 Å². The molecular weight excluding hydrogens is 182 g/mol. The Morgan fingerprint density at radius 2 is 1.53 bits per heavy atom. The van der Waals surface area contributed by atoms with E-state index >= 15 is 0 Å². The summed E-state index contributed by atoms with van der Waals surface area (Å²) in [5, 5.41) is 0. The Bertz CT molecular complexity index is 283. The van der Waals surface area contributed by atoms with Gasteiger partial charge in [0.1, 0.15) is 0 Å². The van der Waals surface area contributed by atoms with Crippen LogP contribution in [-0.4, -0.2) is 0 Å². The van der Waals surface area contributed by atoms with Crippen LogP contribution in [0.25, 0.3) is 0 Å². The van der Waals surface area contributed by atoms with Crippen molar-refractivity contribution in [2.45, 2.75) is 45.1 Å². The van der Waals surface area contributed by atoms with Crippen molar-refractivity contribution < 1.29 is 0 Å². The van der Waals surface area contributed by atoms with Gasteiger partial charge in [-0.05, 0) is 23.5 Å². The van der Waals surface area contributed by atoms with Crippen molar-refractivity contribution in [2.24, 2.45) is 11.7 Å². The van der Waals surface area contributed by atoms with E-state index in [0.717, 1.165) is 5.92 Å². The van der Waals surface area contributed by atoms with Crippen LogP contribution in [0.1, 0.15) is 43.2 Å². The molecule has 82 valence electrons. The quantitative estimate of drug-likeness (QED) is 0.801. The highest BCUT2D eigenvalue weighted by Gasteiger charge is 2.13. The summed E-state index contributed by atoms with van der Waals surface area (Å²) in [6.07, 6.45) is 8.45. The molecule has 2 rings (SSSR count). The van der Waals surface area contributed by atoms with Crippen LogP contribution in [0, 0.1) is 5.92 Å². The number of nitrogens with two attached hydrogens (primary N) is 1. The van der Waals surface area contributed by atoms with E-state index in [1.54, 1.807) is 0 Å². The molecule has 0 aliphatic heterocycles. The number of rotatable bonds is 3. The molecule has 0 amide bonds. The lowest BCUT2D eigenvalue weighted by atomic mass is 9.85. The zero-order valence-corrected chi connectivity index (χ0v) is 9.41. The molecule has 0 bridgehead atoms. The molecule has 1 saturated carbocycles. The molecule has 0 atom stereocenters. The lowest BCUT2D eigenvalue weighted by Gasteiger charge is -2.21. The second-order valence-corrected chi connectivity index (χ2v) is 4.73. The zero-order valence-electron chi connectivity index (χ0n) is 9.41. The van der Waals surface area contributed by atoms with E-state index in [9.17, 15) is 0 Å². The molecule has 0 aromatic heterocycles. The van der Waals surface area contributed by atoms with Gasteiger partial charge in [-0.1, -0.05) is 56.4 Å². The first-order chi connectivity index (χ1) is 7.38. The number of hydrogen-bond donors (Lipinski definition) is 1. The predicted octanol–water partition coefficient (Wildman–Crippen LogP) is 3.27. The Kier molecular flexibility index (Phi) is 3.79. The Morgan fingerprint density at radius 1 is 0.933 bits per heavy atom. The second-order valence-electron chi connectivity index (χ2n) is 4.73. The minimum atomic E-state index is 0.656. The average molecular weight is 203 g/mol. The summed E-state index contributed by atoms with van der Waals surface area (Å²) < 4.78 is 0. The van der Waals surface area contributed by atoms with Crippen LogP contribution in [-0.2, 0) is 13.0 Å². The maximum absolute atomic E-state index is 5.58. The third kappa shape index (κ3) is 3.07. The molecule has 1 aliphatic rings. The molecule has 1 aliphatic carbocycles. The van der Waals surface area contributed by atoms with E-state index in [2.05, 4.69) is 24.3 Å². The Balaban J connectivity index is 1.91. The minimum Gasteiger partial charge on any atom is -0.326 e. The summed E-state index contributed by atoms with van der Waals surface area (Å²) in [4.78, 5) is 0. The Labute approximate surface area is 92.7 Å². The highest BCUT2D eigenvalue weighted by molar-refractivity contribution is 5.22. The molecule has 15 heavy (non-hydrogen) atoms. The zero-order chi connectivity index (χ0) is 10.5. The van der Waals surface area contributed by atoms with Crippen LogP contribution < -0.4 is 5.73 Å². The van der Waals surface area contributed by atoms with Crippen LogP contribution in [0.2, 0.25) is 0 Å². The van der Waals surface area contributed by atoms with E-state index in [1.165, 1.54) is 49.7 Å². The van der Waals surface area contributed by atoms with Gasteiger partial charge in [0.2, 0.25) is 0 Å². The third-order valence-electron chi connectivity index (χ3n) is 3.51. The van der Waals surface area contributed by atoms with Gasteiger partial charge in [-0.25, -0.2) is 0 Å². The van der Waals surface area contributed by atoms with Gasteiger partial charge in [0, 0.05) is 6.54 Å². The van der Waals surface area contributed by atoms with E-state index in [-0.39, 0.29) is 0 Å².